The Morgan fingerprint density at radius 2 is 2.00 bits per heavy atom. The molecule has 0 radical (unpaired) electrons. The van der Waals surface area contributed by atoms with Gasteiger partial charge in [0.1, 0.15) is 0 Å². The molecule has 1 aromatic carbocycles. The number of nitrogens with zero attached hydrogens (tertiary/aromatic N) is 2. The van der Waals surface area contributed by atoms with Crippen molar-refractivity contribution in [2.24, 2.45) is 17.8 Å². The fourth-order valence-corrected chi connectivity index (χ4v) is 6.62. The van der Waals surface area contributed by atoms with E-state index < -0.39 is 0 Å². The molecule has 2 bridgehead atoms. The maximum Gasteiger partial charge on any atom is 0.227 e. The molecule has 2 aliphatic carbocycles. The Labute approximate surface area is 169 Å². The molecule has 2 aliphatic heterocycles. The Morgan fingerprint density at radius 3 is 2.68 bits per heavy atom. The number of nitrogens with one attached hydrogen (secondary N) is 1. The predicted octanol–water partition coefficient (Wildman–Crippen LogP) is 4.43. The summed E-state index contributed by atoms with van der Waals surface area (Å²) in [4.78, 5) is 18.0. The number of aryl methyl sites for hydroxylation is 1. The second-order valence-corrected chi connectivity index (χ2v) is 9.89. The molecule has 5 atom stereocenters. The van der Waals surface area contributed by atoms with Crippen molar-refractivity contribution >= 4 is 17.3 Å². The van der Waals surface area contributed by atoms with Crippen LogP contribution in [0.25, 0.3) is 0 Å². The third-order valence-electron chi connectivity index (χ3n) is 8.12. The first kappa shape index (κ1) is 18.5. The van der Waals surface area contributed by atoms with Crippen molar-refractivity contribution in [2.75, 3.05) is 29.9 Å². The first-order valence-corrected chi connectivity index (χ1v) is 11.5. The molecule has 4 heteroatoms. The van der Waals surface area contributed by atoms with E-state index in [9.17, 15) is 4.79 Å². The van der Waals surface area contributed by atoms with E-state index in [1.54, 1.807) is 0 Å². The molecule has 4 nitrogen and oxygen atoms in total. The van der Waals surface area contributed by atoms with Crippen LogP contribution in [0.3, 0.4) is 0 Å². The van der Waals surface area contributed by atoms with E-state index in [1.165, 1.54) is 56.3 Å². The molecule has 1 aromatic rings. The highest BCUT2D eigenvalue weighted by atomic mass is 16.1. The number of carbonyl (C=O) groups excluding carboxylic acids is 1. The van der Waals surface area contributed by atoms with Crippen molar-refractivity contribution in [2.45, 2.75) is 70.9 Å². The Kier molecular flexibility index (Phi) is 4.86. The molecule has 2 saturated heterocycles. The first-order valence-electron chi connectivity index (χ1n) is 11.5. The average Bonchev–Trinajstić information content (AvgIpc) is 3.46. The summed E-state index contributed by atoms with van der Waals surface area (Å²) in [6.07, 6.45) is 8.97. The van der Waals surface area contributed by atoms with Gasteiger partial charge >= 0.3 is 0 Å². The van der Waals surface area contributed by atoms with Crippen LogP contribution in [0.15, 0.2) is 18.2 Å². The number of anilines is 2. The smallest absolute Gasteiger partial charge is 0.227 e. The third-order valence-corrected chi connectivity index (χ3v) is 8.12. The molecule has 5 rings (SSSR count). The lowest BCUT2D eigenvalue weighted by molar-refractivity contribution is -0.121. The third kappa shape index (κ3) is 3.34. The van der Waals surface area contributed by atoms with Crippen LogP contribution in [-0.4, -0.2) is 42.5 Å². The van der Waals surface area contributed by atoms with Gasteiger partial charge < -0.3 is 10.2 Å². The maximum atomic E-state index is 12.8. The van der Waals surface area contributed by atoms with Crippen molar-refractivity contribution in [1.29, 1.82) is 0 Å². The zero-order chi connectivity index (χ0) is 19.3. The summed E-state index contributed by atoms with van der Waals surface area (Å²) >= 11 is 0. The van der Waals surface area contributed by atoms with Gasteiger partial charge in [0.25, 0.3) is 0 Å². The van der Waals surface area contributed by atoms with E-state index in [1.807, 2.05) is 0 Å². The standard InChI is InChI=1S/C24H35N3O/c1-16-12-20(25-24(28)22-14-18-5-6-19(22)13-18)7-8-23(16)26-11-9-21(15-26)27-10-3-4-17(27)2/h7-8,12,17-19,21-22H,3-6,9-11,13-15H2,1-2H3,(H,25,28)/t17?,18-,19-,21?,22?/m1/s1. The second kappa shape index (κ2) is 7.37. The van der Waals surface area contributed by atoms with Gasteiger partial charge in [-0.25, -0.2) is 0 Å². The molecule has 1 N–H and O–H groups in total. The number of carbonyl (C=O) groups is 1. The molecule has 0 aromatic heterocycles. The fourth-order valence-electron chi connectivity index (χ4n) is 6.62. The Bertz CT molecular complexity index is 747. The summed E-state index contributed by atoms with van der Waals surface area (Å²) in [6, 6.07) is 7.95. The van der Waals surface area contributed by atoms with Gasteiger partial charge in [0.05, 0.1) is 0 Å². The molecule has 28 heavy (non-hydrogen) atoms. The lowest BCUT2D eigenvalue weighted by atomic mass is 9.88. The van der Waals surface area contributed by atoms with Crippen molar-refractivity contribution in [3.8, 4) is 0 Å². The summed E-state index contributed by atoms with van der Waals surface area (Å²) in [5.74, 6) is 1.95. The van der Waals surface area contributed by atoms with Crippen LogP contribution in [0.5, 0.6) is 0 Å². The van der Waals surface area contributed by atoms with Crippen LogP contribution in [0.4, 0.5) is 11.4 Å². The quantitative estimate of drug-likeness (QED) is 0.838. The number of benzene rings is 1. The summed E-state index contributed by atoms with van der Waals surface area (Å²) < 4.78 is 0. The van der Waals surface area contributed by atoms with Gasteiger partial charge in [-0.1, -0.05) is 6.42 Å². The van der Waals surface area contributed by atoms with Gasteiger partial charge in [-0.3, -0.25) is 9.69 Å². The van der Waals surface area contributed by atoms with E-state index in [0.717, 1.165) is 37.2 Å². The van der Waals surface area contributed by atoms with Gasteiger partial charge in [-0.05, 0) is 94.5 Å². The summed E-state index contributed by atoms with van der Waals surface area (Å²) in [7, 11) is 0. The second-order valence-electron chi connectivity index (χ2n) is 9.89. The molecule has 152 valence electrons. The monoisotopic (exact) mass is 381 g/mol. The molecule has 2 heterocycles. The summed E-state index contributed by atoms with van der Waals surface area (Å²) in [5.41, 5.74) is 3.59. The van der Waals surface area contributed by atoms with Crippen molar-refractivity contribution in [3.63, 3.8) is 0 Å². The lowest BCUT2D eigenvalue weighted by Gasteiger charge is -2.29. The fraction of sp³-hybridized carbons (Fsp3) is 0.708. The lowest BCUT2D eigenvalue weighted by Crippen LogP contribution is -2.39. The molecule has 4 fully saturated rings. The molecule has 3 unspecified atom stereocenters. The number of fused-ring (bicyclic) bond motifs is 2. The first-order chi connectivity index (χ1) is 13.6. The zero-order valence-corrected chi connectivity index (χ0v) is 17.5. The molecule has 4 aliphatic rings. The molecule has 0 spiro atoms. The summed E-state index contributed by atoms with van der Waals surface area (Å²) in [6.45, 7) is 8.13. The van der Waals surface area contributed by atoms with Gasteiger partial charge in [0.15, 0.2) is 0 Å². The van der Waals surface area contributed by atoms with E-state index in [4.69, 9.17) is 0 Å². The van der Waals surface area contributed by atoms with Crippen LogP contribution < -0.4 is 10.2 Å². The average molecular weight is 382 g/mol. The largest absolute Gasteiger partial charge is 0.370 e. The van der Waals surface area contributed by atoms with E-state index in [2.05, 4.69) is 47.2 Å². The molecular formula is C24H35N3O. The number of hydrogen-bond donors (Lipinski definition) is 1. The van der Waals surface area contributed by atoms with E-state index >= 15 is 0 Å². The van der Waals surface area contributed by atoms with Crippen molar-refractivity contribution < 1.29 is 4.79 Å². The predicted molar refractivity (Wildman–Crippen MR) is 115 cm³/mol. The van der Waals surface area contributed by atoms with Crippen molar-refractivity contribution in [1.82, 2.24) is 4.90 Å². The maximum absolute atomic E-state index is 12.8. The minimum atomic E-state index is 0.250. The van der Waals surface area contributed by atoms with Gasteiger partial charge in [0.2, 0.25) is 5.91 Å². The Balaban J connectivity index is 1.22. The van der Waals surface area contributed by atoms with Gasteiger partial charge in [-0.2, -0.15) is 0 Å². The zero-order valence-electron chi connectivity index (χ0n) is 17.5. The van der Waals surface area contributed by atoms with Crippen molar-refractivity contribution in [3.05, 3.63) is 23.8 Å². The van der Waals surface area contributed by atoms with Crippen LogP contribution in [0.1, 0.15) is 57.4 Å². The Morgan fingerprint density at radius 1 is 1.11 bits per heavy atom. The van der Waals surface area contributed by atoms with E-state index in [0.29, 0.717) is 12.0 Å². The minimum absolute atomic E-state index is 0.250. The normalized spacial score (nSPS) is 35.1. The molecule has 1 amide bonds. The minimum Gasteiger partial charge on any atom is -0.370 e. The topological polar surface area (TPSA) is 35.6 Å². The van der Waals surface area contributed by atoms with Crippen LogP contribution >= 0.6 is 0 Å². The number of rotatable bonds is 4. The van der Waals surface area contributed by atoms with Gasteiger partial charge in [-0.15, -0.1) is 0 Å². The number of hydrogen-bond acceptors (Lipinski definition) is 3. The molecular weight excluding hydrogens is 346 g/mol. The molecule has 2 saturated carbocycles. The highest BCUT2D eigenvalue weighted by Gasteiger charge is 2.43. The van der Waals surface area contributed by atoms with Crippen LogP contribution in [0, 0.1) is 24.7 Å². The van der Waals surface area contributed by atoms with Crippen LogP contribution in [0.2, 0.25) is 0 Å². The SMILES string of the molecule is Cc1cc(NC(=O)C2C[C@@H]3CC[C@@H]2C3)ccc1N1CCC(N2CCCC2C)C1. The van der Waals surface area contributed by atoms with Crippen LogP contribution in [-0.2, 0) is 4.79 Å². The highest BCUT2D eigenvalue weighted by molar-refractivity contribution is 5.93. The highest BCUT2D eigenvalue weighted by Crippen LogP contribution is 2.48. The van der Waals surface area contributed by atoms with E-state index in [-0.39, 0.29) is 11.8 Å². The number of amides is 1. The summed E-state index contributed by atoms with van der Waals surface area (Å²) in [5, 5.41) is 3.22. The number of likely N-dealkylation sites (tertiary alicyclic amines) is 1. The Hall–Kier alpha value is -1.55. The van der Waals surface area contributed by atoms with Gasteiger partial charge in [0, 0.05) is 42.5 Å².